The van der Waals surface area contributed by atoms with Gasteiger partial charge in [0.05, 0.1) is 11.6 Å². The Kier molecular flexibility index (Phi) is 11.6. The number of nitriles is 1. The SMILES string of the molecule is CC(N)=O.CCNCc1ccc(OCc2cccc(-c3ccccc3)c2Br)cc1OCc1cccc(C#N)c1. The molecule has 0 radical (unpaired) electrons. The Balaban J connectivity index is 0.000000983. The predicted octanol–water partition coefficient (Wildman–Crippen LogP) is 6.75. The monoisotopic (exact) mass is 585 g/mol. The lowest BCUT2D eigenvalue weighted by Gasteiger charge is -2.15. The molecular weight excluding hydrogens is 554 g/mol. The van der Waals surface area contributed by atoms with Crippen LogP contribution in [0.5, 0.6) is 11.5 Å². The molecule has 0 bridgehead atoms. The van der Waals surface area contributed by atoms with Crippen molar-refractivity contribution in [3.05, 3.63) is 118 Å². The molecule has 200 valence electrons. The van der Waals surface area contributed by atoms with Crippen LogP contribution in [0.3, 0.4) is 0 Å². The first-order chi connectivity index (χ1) is 18.9. The zero-order valence-corrected chi connectivity index (χ0v) is 23.7. The smallest absolute Gasteiger partial charge is 0.214 e. The van der Waals surface area contributed by atoms with Crippen LogP contribution in [0.25, 0.3) is 11.1 Å². The van der Waals surface area contributed by atoms with Gasteiger partial charge in [0.2, 0.25) is 5.91 Å². The van der Waals surface area contributed by atoms with Crippen molar-refractivity contribution in [1.82, 2.24) is 5.32 Å². The first-order valence-corrected chi connectivity index (χ1v) is 13.4. The van der Waals surface area contributed by atoms with Crippen molar-refractivity contribution < 1.29 is 14.3 Å². The average molecular weight is 587 g/mol. The van der Waals surface area contributed by atoms with Crippen LogP contribution in [-0.4, -0.2) is 12.5 Å². The lowest BCUT2D eigenvalue weighted by atomic mass is 10.0. The van der Waals surface area contributed by atoms with Crippen molar-refractivity contribution >= 4 is 21.8 Å². The number of primary amides is 1. The fraction of sp³-hybridized carbons (Fsp3) is 0.188. The molecule has 0 atom stereocenters. The highest BCUT2D eigenvalue weighted by Crippen LogP contribution is 2.32. The molecule has 39 heavy (non-hydrogen) atoms. The molecule has 0 aromatic heterocycles. The Morgan fingerprint density at radius 3 is 2.38 bits per heavy atom. The number of nitrogens with one attached hydrogen (secondary N) is 1. The van der Waals surface area contributed by atoms with Crippen LogP contribution in [-0.2, 0) is 24.6 Å². The number of benzene rings is 4. The van der Waals surface area contributed by atoms with E-state index in [1.54, 1.807) is 6.07 Å². The van der Waals surface area contributed by atoms with E-state index in [1.807, 2.05) is 54.6 Å². The molecule has 0 aliphatic carbocycles. The largest absolute Gasteiger partial charge is 0.489 e. The van der Waals surface area contributed by atoms with Crippen LogP contribution >= 0.6 is 15.9 Å². The number of hydrogen-bond donors (Lipinski definition) is 2. The van der Waals surface area contributed by atoms with Gasteiger partial charge < -0.3 is 20.5 Å². The van der Waals surface area contributed by atoms with E-state index in [4.69, 9.17) is 14.7 Å². The van der Waals surface area contributed by atoms with E-state index in [0.717, 1.165) is 50.3 Å². The van der Waals surface area contributed by atoms with E-state index in [0.29, 0.717) is 25.3 Å². The molecule has 0 unspecified atom stereocenters. The molecule has 0 saturated carbocycles. The summed E-state index contributed by atoms with van der Waals surface area (Å²) < 4.78 is 13.4. The molecule has 0 aliphatic rings. The number of carbonyl (C=O) groups is 1. The van der Waals surface area contributed by atoms with Gasteiger partial charge in [0.25, 0.3) is 0 Å². The molecule has 6 nitrogen and oxygen atoms in total. The number of ether oxygens (including phenoxy) is 2. The maximum Gasteiger partial charge on any atom is 0.214 e. The number of halogens is 1. The van der Waals surface area contributed by atoms with Gasteiger partial charge in [-0.15, -0.1) is 0 Å². The van der Waals surface area contributed by atoms with Gasteiger partial charge in [-0.1, -0.05) is 73.7 Å². The van der Waals surface area contributed by atoms with Crippen LogP contribution in [0.15, 0.2) is 95.5 Å². The quantitative estimate of drug-likeness (QED) is 0.214. The molecule has 4 aromatic carbocycles. The van der Waals surface area contributed by atoms with E-state index in [-0.39, 0.29) is 5.91 Å². The Morgan fingerprint density at radius 1 is 0.923 bits per heavy atom. The van der Waals surface area contributed by atoms with Crippen molar-refractivity contribution in [2.24, 2.45) is 5.73 Å². The van der Waals surface area contributed by atoms with Gasteiger partial charge in [0, 0.05) is 35.1 Å². The van der Waals surface area contributed by atoms with Crippen molar-refractivity contribution in [2.75, 3.05) is 6.54 Å². The van der Waals surface area contributed by atoms with Crippen molar-refractivity contribution in [3.63, 3.8) is 0 Å². The third kappa shape index (κ3) is 9.29. The van der Waals surface area contributed by atoms with Gasteiger partial charge in [-0.25, -0.2) is 0 Å². The van der Waals surface area contributed by atoms with E-state index in [9.17, 15) is 4.79 Å². The van der Waals surface area contributed by atoms with E-state index in [1.165, 1.54) is 6.92 Å². The van der Waals surface area contributed by atoms with Gasteiger partial charge in [-0.3, -0.25) is 4.79 Å². The summed E-state index contributed by atoms with van der Waals surface area (Å²) >= 11 is 3.77. The van der Waals surface area contributed by atoms with Crippen LogP contribution in [0.1, 0.15) is 36.1 Å². The van der Waals surface area contributed by atoms with Gasteiger partial charge in [0.15, 0.2) is 0 Å². The van der Waals surface area contributed by atoms with E-state index >= 15 is 0 Å². The number of nitrogens with two attached hydrogens (primary N) is 1. The Labute approximate surface area is 238 Å². The topological polar surface area (TPSA) is 97.4 Å². The number of nitrogens with zero attached hydrogens (tertiary/aromatic N) is 1. The summed E-state index contributed by atoms with van der Waals surface area (Å²) in [6.07, 6.45) is 0. The molecule has 0 spiro atoms. The lowest BCUT2D eigenvalue weighted by Crippen LogP contribution is -2.13. The van der Waals surface area contributed by atoms with Gasteiger partial charge in [-0.2, -0.15) is 5.26 Å². The molecule has 0 fully saturated rings. The first-order valence-electron chi connectivity index (χ1n) is 12.6. The average Bonchev–Trinajstić information content (AvgIpc) is 2.95. The molecule has 0 aliphatic heterocycles. The third-order valence-electron chi connectivity index (χ3n) is 5.61. The zero-order valence-electron chi connectivity index (χ0n) is 22.1. The maximum absolute atomic E-state index is 9.22. The van der Waals surface area contributed by atoms with Gasteiger partial charge in [-0.05, 0) is 57.4 Å². The van der Waals surface area contributed by atoms with Gasteiger partial charge >= 0.3 is 0 Å². The molecule has 0 heterocycles. The maximum atomic E-state index is 9.22. The minimum Gasteiger partial charge on any atom is -0.489 e. The molecular formula is C32H32BrN3O3. The summed E-state index contributed by atoms with van der Waals surface area (Å²) in [6.45, 7) is 5.76. The fourth-order valence-corrected chi connectivity index (χ4v) is 4.36. The summed E-state index contributed by atoms with van der Waals surface area (Å²) in [6, 6.07) is 32.1. The second-order valence-corrected chi connectivity index (χ2v) is 9.49. The molecule has 3 N–H and O–H groups in total. The predicted molar refractivity (Wildman–Crippen MR) is 158 cm³/mol. The summed E-state index contributed by atoms with van der Waals surface area (Å²) in [4.78, 5) is 9.22. The van der Waals surface area contributed by atoms with Crippen molar-refractivity contribution in [2.45, 2.75) is 33.6 Å². The highest BCUT2D eigenvalue weighted by molar-refractivity contribution is 9.10. The normalized spacial score (nSPS) is 10.1. The zero-order chi connectivity index (χ0) is 28.0. The number of amides is 1. The van der Waals surface area contributed by atoms with Crippen LogP contribution in [0.2, 0.25) is 0 Å². The molecule has 1 amide bonds. The molecule has 4 rings (SSSR count). The lowest BCUT2D eigenvalue weighted by molar-refractivity contribution is -0.115. The Morgan fingerprint density at radius 2 is 1.67 bits per heavy atom. The second kappa shape index (κ2) is 15.3. The Bertz CT molecular complexity index is 1410. The summed E-state index contributed by atoms with van der Waals surface area (Å²) in [5.41, 5.74) is 10.5. The molecule has 4 aromatic rings. The number of rotatable bonds is 10. The van der Waals surface area contributed by atoms with E-state index in [2.05, 4.69) is 70.3 Å². The second-order valence-electron chi connectivity index (χ2n) is 8.69. The minimum atomic E-state index is -0.333. The standard InChI is InChI=1S/C30H27BrN2O2.C2H5NO/c1-2-33-19-25-14-15-27(17-29(25)35-20-23-9-6-8-22(16-23)18-32)34-21-26-12-7-13-28(30(26)31)24-10-4-3-5-11-24;1-2(3)4/h3-17,33H,2,19-21H2,1H3;1H3,(H2,3,4). The van der Waals surface area contributed by atoms with Crippen molar-refractivity contribution in [3.8, 4) is 28.7 Å². The van der Waals surface area contributed by atoms with Gasteiger partial charge in [0.1, 0.15) is 24.7 Å². The molecule has 7 heteroatoms. The minimum absolute atomic E-state index is 0.333. The third-order valence-corrected chi connectivity index (χ3v) is 6.55. The Hall–Kier alpha value is -4.12. The van der Waals surface area contributed by atoms with Crippen LogP contribution in [0, 0.1) is 11.3 Å². The first kappa shape index (κ1) is 29.4. The summed E-state index contributed by atoms with van der Waals surface area (Å²) in [7, 11) is 0. The highest BCUT2D eigenvalue weighted by Gasteiger charge is 2.11. The van der Waals surface area contributed by atoms with Crippen molar-refractivity contribution in [1.29, 1.82) is 5.26 Å². The fourth-order valence-electron chi connectivity index (χ4n) is 3.75. The van der Waals surface area contributed by atoms with E-state index < -0.39 is 0 Å². The summed E-state index contributed by atoms with van der Waals surface area (Å²) in [5, 5.41) is 12.5. The summed E-state index contributed by atoms with van der Waals surface area (Å²) in [5.74, 6) is 1.17. The molecule has 0 saturated heterocycles. The van der Waals surface area contributed by atoms with Crippen LogP contribution < -0.4 is 20.5 Å². The van der Waals surface area contributed by atoms with Crippen LogP contribution in [0.4, 0.5) is 0 Å². The number of carbonyl (C=O) groups excluding carboxylic acids is 1. The number of hydrogen-bond acceptors (Lipinski definition) is 5. The highest BCUT2D eigenvalue weighted by atomic mass is 79.9.